The van der Waals surface area contributed by atoms with Gasteiger partial charge in [0.2, 0.25) is 0 Å². The highest BCUT2D eigenvalue weighted by Gasteiger charge is 2.03. The van der Waals surface area contributed by atoms with Crippen LogP contribution in [-0.4, -0.2) is 32.6 Å². The SMILES string of the molecule is CN=C(NCc1cccc(-n2cccn2)c1)NCc1ccnn1C. The summed E-state index contributed by atoms with van der Waals surface area (Å²) in [5.41, 5.74) is 3.29. The van der Waals surface area contributed by atoms with Crippen LogP contribution in [0.3, 0.4) is 0 Å². The van der Waals surface area contributed by atoms with Crippen LogP contribution in [-0.2, 0) is 20.1 Å². The molecule has 0 radical (unpaired) electrons. The Kier molecular flexibility index (Phi) is 4.90. The zero-order valence-electron chi connectivity index (χ0n) is 13.8. The molecule has 0 bridgehead atoms. The molecule has 0 aliphatic carbocycles. The van der Waals surface area contributed by atoms with Crippen molar-refractivity contribution in [1.29, 1.82) is 0 Å². The van der Waals surface area contributed by atoms with Crippen LogP contribution in [0.15, 0.2) is 60.0 Å². The highest BCUT2D eigenvalue weighted by molar-refractivity contribution is 5.79. The van der Waals surface area contributed by atoms with Gasteiger partial charge in [-0.05, 0) is 29.8 Å². The van der Waals surface area contributed by atoms with Gasteiger partial charge < -0.3 is 10.6 Å². The summed E-state index contributed by atoms with van der Waals surface area (Å²) in [6.07, 6.45) is 5.49. The molecular formula is C17H21N7. The molecule has 124 valence electrons. The van der Waals surface area contributed by atoms with Gasteiger partial charge in [0.1, 0.15) is 0 Å². The second-order valence-corrected chi connectivity index (χ2v) is 5.35. The lowest BCUT2D eigenvalue weighted by molar-refractivity contribution is 0.684. The third-order valence-electron chi connectivity index (χ3n) is 3.72. The van der Waals surface area contributed by atoms with Crippen LogP contribution in [0.25, 0.3) is 5.69 Å². The van der Waals surface area contributed by atoms with E-state index in [9.17, 15) is 0 Å². The Morgan fingerprint density at radius 1 is 1.08 bits per heavy atom. The largest absolute Gasteiger partial charge is 0.352 e. The van der Waals surface area contributed by atoms with Crippen LogP contribution < -0.4 is 10.6 Å². The first kappa shape index (κ1) is 15.8. The lowest BCUT2D eigenvalue weighted by Crippen LogP contribution is -2.36. The number of aromatic nitrogens is 4. The lowest BCUT2D eigenvalue weighted by atomic mass is 10.2. The first-order chi connectivity index (χ1) is 11.8. The highest BCUT2D eigenvalue weighted by Crippen LogP contribution is 2.09. The first-order valence-electron chi connectivity index (χ1n) is 7.76. The Hall–Kier alpha value is -3.09. The number of nitrogens with one attached hydrogen (secondary N) is 2. The molecule has 3 aromatic rings. The summed E-state index contributed by atoms with van der Waals surface area (Å²) >= 11 is 0. The zero-order chi connectivity index (χ0) is 16.8. The van der Waals surface area contributed by atoms with Gasteiger partial charge in [0.25, 0.3) is 0 Å². The number of hydrogen-bond acceptors (Lipinski definition) is 3. The van der Waals surface area contributed by atoms with Gasteiger partial charge in [-0.25, -0.2) is 4.68 Å². The van der Waals surface area contributed by atoms with Gasteiger partial charge in [0.05, 0.1) is 17.9 Å². The van der Waals surface area contributed by atoms with E-state index in [0.717, 1.165) is 22.9 Å². The van der Waals surface area contributed by atoms with Crippen molar-refractivity contribution in [3.8, 4) is 5.69 Å². The Morgan fingerprint density at radius 2 is 1.96 bits per heavy atom. The average molecular weight is 323 g/mol. The van der Waals surface area contributed by atoms with E-state index in [-0.39, 0.29) is 0 Å². The predicted molar refractivity (Wildman–Crippen MR) is 93.8 cm³/mol. The van der Waals surface area contributed by atoms with Gasteiger partial charge in [-0.15, -0.1) is 0 Å². The summed E-state index contributed by atoms with van der Waals surface area (Å²) in [6.45, 7) is 1.35. The van der Waals surface area contributed by atoms with Crippen LogP contribution in [0.5, 0.6) is 0 Å². The molecule has 2 heterocycles. The molecule has 0 atom stereocenters. The predicted octanol–water partition coefficient (Wildman–Crippen LogP) is 1.47. The minimum atomic E-state index is 0.670. The van der Waals surface area contributed by atoms with E-state index in [4.69, 9.17) is 0 Å². The number of aliphatic imine (C=N–C) groups is 1. The van der Waals surface area contributed by atoms with E-state index in [2.05, 4.69) is 38.0 Å². The molecule has 3 rings (SSSR count). The monoisotopic (exact) mass is 323 g/mol. The van der Waals surface area contributed by atoms with Crippen molar-refractivity contribution in [2.75, 3.05) is 7.05 Å². The third-order valence-corrected chi connectivity index (χ3v) is 3.72. The van der Waals surface area contributed by atoms with Crippen molar-refractivity contribution in [1.82, 2.24) is 30.2 Å². The first-order valence-corrected chi connectivity index (χ1v) is 7.76. The van der Waals surface area contributed by atoms with Crippen molar-refractivity contribution in [2.24, 2.45) is 12.0 Å². The van der Waals surface area contributed by atoms with E-state index in [1.807, 2.05) is 46.9 Å². The summed E-state index contributed by atoms with van der Waals surface area (Å²) in [7, 11) is 3.69. The number of benzene rings is 1. The third kappa shape index (κ3) is 3.81. The fraction of sp³-hybridized carbons (Fsp3) is 0.235. The van der Waals surface area contributed by atoms with Gasteiger partial charge in [-0.1, -0.05) is 12.1 Å². The highest BCUT2D eigenvalue weighted by atomic mass is 15.3. The molecule has 0 aliphatic rings. The number of nitrogens with zero attached hydrogens (tertiary/aromatic N) is 5. The zero-order valence-corrected chi connectivity index (χ0v) is 13.8. The Bertz CT molecular complexity index is 802. The standard InChI is InChI=1S/C17H21N7/c1-18-17(20-13-16-7-9-21-23(16)2)19-12-14-5-3-6-15(11-14)24-10-4-8-22-24/h3-11H,12-13H2,1-2H3,(H2,18,19,20). The fourth-order valence-electron chi connectivity index (χ4n) is 2.39. The minimum Gasteiger partial charge on any atom is -0.352 e. The topological polar surface area (TPSA) is 72.1 Å². The Labute approximate surface area is 141 Å². The van der Waals surface area contributed by atoms with Gasteiger partial charge in [0, 0.05) is 39.2 Å². The van der Waals surface area contributed by atoms with Crippen LogP contribution in [0, 0.1) is 0 Å². The van der Waals surface area contributed by atoms with Gasteiger partial charge in [0.15, 0.2) is 5.96 Å². The van der Waals surface area contributed by atoms with Crippen molar-refractivity contribution < 1.29 is 0 Å². The van der Waals surface area contributed by atoms with Crippen LogP contribution in [0.4, 0.5) is 0 Å². The average Bonchev–Trinajstić information content (AvgIpc) is 3.27. The van der Waals surface area contributed by atoms with Crippen LogP contribution in [0.2, 0.25) is 0 Å². The second-order valence-electron chi connectivity index (χ2n) is 5.35. The van der Waals surface area contributed by atoms with Gasteiger partial charge in [-0.2, -0.15) is 10.2 Å². The summed E-state index contributed by atoms with van der Waals surface area (Å²) in [4.78, 5) is 4.25. The summed E-state index contributed by atoms with van der Waals surface area (Å²) in [6, 6.07) is 12.1. The summed E-state index contributed by atoms with van der Waals surface area (Å²) < 4.78 is 3.69. The number of rotatable bonds is 5. The molecule has 1 aromatic carbocycles. The minimum absolute atomic E-state index is 0.670. The van der Waals surface area contributed by atoms with Gasteiger partial charge in [-0.3, -0.25) is 9.67 Å². The molecule has 0 unspecified atom stereocenters. The van der Waals surface area contributed by atoms with E-state index >= 15 is 0 Å². The molecule has 0 saturated heterocycles. The molecule has 0 amide bonds. The molecule has 24 heavy (non-hydrogen) atoms. The van der Waals surface area contributed by atoms with Crippen molar-refractivity contribution in [3.05, 3.63) is 66.2 Å². The van der Waals surface area contributed by atoms with Gasteiger partial charge >= 0.3 is 0 Å². The molecule has 2 aromatic heterocycles. The maximum atomic E-state index is 4.26. The fourth-order valence-corrected chi connectivity index (χ4v) is 2.39. The maximum absolute atomic E-state index is 4.26. The van der Waals surface area contributed by atoms with E-state index in [0.29, 0.717) is 13.1 Å². The number of aryl methyl sites for hydroxylation is 1. The molecular weight excluding hydrogens is 302 g/mol. The molecule has 7 heteroatoms. The lowest BCUT2D eigenvalue weighted by Gasteiger charge is -2.12. The summed E-state index contributed by atoms with van der Waals surface area (Å²) in [5.74, 6) is 0.751. The van der Waals surface area contributed by atoms with Crippen molar-refractivity contribution >= 4 is 5.96 Å². The van der Waals surface area contributed by atoms with Crippen LogP contribution in [0.1, 0.15) is 11.3 Å². The number of hydrogen-bond donors (Lipinski definition) is 2. The molecule has 0 saturated carbocycles. The summed E-state index contributed by atoms with van der Waals surface area (Å²) in [5, 5.41) is 15.0. The smallest absolute Gasteiger partial charge is 0.191 e. The molecule has 0 aliphatic heterocycles. The normalized spacial score (nSPS) is 11.5. The molecule has 7 nitrogen and oxygen atoms in total. The van der Waals surface area contributed by atoms with Crippen LogP contribution >= 0.6 is 0 Å². The second kappa shape index (κ2) is 7.45. The molecule has 0 spiro atoms. The van der Waals surface area contributed by atoms with E-state index in [1.165, 1.54) is 0 Å². The van der Waals surface area contributed by atoms with E-state index in [1.54, 1.807) is 19.4 Å². The Balaban J connectivity index is 1.58. The van der Waals surface area contributed by atoms with Crippen molar-refractivity contribution in [2.45, 2.75) is 13.1 Å². The van der Waals surface area contributed by atoms with Crippen molar-refractivity contribution in [3.63, 3.8) is 0 Å². The Morgan fingerprint density at radius 3 is 2.67 bits per heavy atom. The number of guanidine groups is 1. The van der Waals surface area contributed by atoms with E-state index < -0.39 is 0 Å². The maximum Gasteiger partial charge on any atom is 0.191 e. The molecule has 0 fully saturated rings. The molecule has 2 N–H and O–H groups in total. The quantitative estimate of drug-likeness (QED) is 0.551.